The summed E-state index contributed by atoms with van der Waals surface area (Å²) in [5.74, 6) is 0.881. The highest BCUT2D eigenvalue weighted by molar-refractivity contribution is 5.94. The molecule has 0 radical (unpaired) electrons. The van der Waals surface area contributed by atoms with Gasteiger partial charge in [-0.25, -0.2) is 4.39 Å². The minimum atomic E-state index is -0.268. The number of hydrogen-bond acceptors (Lipinski definition) is 4. The molecule has 1 amide bonds. The maximum atomic E-state index is 13.0. The van der Waals surface area contributed by atoms with Gasteiger partial charge < -0.3 is 9.32 Å². The first-order chi connectivity index (χ1) is 13.6. The summed E-state index contributed by atoms with van der Waals surface area (Å²) >= 11 is 0. The second-order valence-corrected chi connectivity index (χ2v) is 7.29. The molecule has 144 valence electrons. The zero-order valence-corrected chi connectivity index (χ0v) is 15.8. The maximum Gasteiger partial charge on any atom is 0.253 e. The number of amides is 1. The van der Waals surface area contributed by atoms with Gasteiger partial charge in [0.2, 0.25) is 11.8 Å². The van der Waals surface area contributed by atoms with Crippen molar-refractivity contribution < 1.29 is 13.6 Å². The van der Waals surface area contributed by atoms with Crippen LogP contribution in [0, 0.1) is 12.7 Å². The Labute approximate surface area is 163 Å². The van der Waals surface area contributed by atoms with Crippen molar-refractivity contribution in [2.24, 2.45) is 0 Å². The van der Waals surface area contributed by atoms with Gasteiger partial charge in [-0.1, -0.05) is 29.8 Å². The molecule has 0 N–H and O–H groups in total. The fourth-order valence-electron chi connectivity index (χ4n) is 3.52. The van der Waals surface area contributed by atoms with E-state index in [1.54, 1.807) is 12.1 Å². The smallest absolute Gasteiger partial charge is 0.253 e. The first kappa shape index (κ1) is 18.3. The summed E-state index contributed by atoms with van der Waals surface area (Å²) in [5.41, 5.74) is 2.75. The highest BCUT2D eigenvalue weighted by Crippen LogP contribution is 2.27. The number of carbonyl (C=O) groups is 1. The molecule has 0 saturated carbocycles. The number of hydrogen-bond donors (Lipinski definition) is 0. The van der Waals surface area contributed by atoms with Crippen molar-refractivity contribution in [2.75, 3.05) is 13.1 Å². The number of halogens is 1. The molecule has 3 aromatic rings. The highest BCUT2D eigenvalue weighted by Gasteiger charge is 2.29. The van der Waals surface area contributed by atoms with Gasteiger partial charge in [-0.05, 0) is 49.6 Å². The molecule has 0 bridgehead atoms. The van der Waals surface area contributed by atoms with Gasteiger partial charge in [0.25, 0.3) is 5.91 Å². The van der Waals surface area contributed by atoms with Crippen LogP contribution in [-0.4, -0.2) is 34.1 Å². The largest absolute Gasteiger partial charge is 0.425 e. The Bertz CT molecular complexity index is 951. The van der Waals surface area contributed by atoms with Crippen LogP contribution in [0.5, 0.6) is 0 Å². The lowest BCUT2D eigenvalue weighted by Gasteiger charge is -2.31. The third kappa shape index (κ3) is 4.11. The Kier molecular flexibility index (Phi) is 5.19. The van der Waals surface area contributed by atoms with Crippen LogP contribution in [0.2, 0.25) is 0 Å². The van der Waals surface area contributed by atoms with Gasteiger partial charge >= 0.3 is 0 Å². The molecular formula is C22H22FN3O2. The number of rotatable bonds is 4. The summed E-state index contributed by atoms with van der Waals surface area (Å²) in [5, 5.41) is 8.34. The molecule has 2 heterocycles. The third-order valence-electron chi connectivity index (χ3n) is 5.11. The standard InChI is InChI=1S/C22H22FN3O2/c1-15-4-8-17(9-5-15)22(27)26-12-2-3-18(14-26)21-25-24-20(28-21)13-16-6-10-19(23)11-7-16/h4-11,18H,2-3,12-14H2,1H3. The Morgan fingerprint density at radius 2 is 1.89 bits per heavy atom. The first-order valence-corrected chi connectivity index (χ1v) is 9.51. The van der Waals surface area contributed by atoms with Crippen LogP contribution in [0.15, 0.2) is 52.9 Å². The summed E-state index contributed by atoms with van der Waals surface area (Å²) in [4.78, 5) is 14.7. The molecule has 0 spiro atoms. The Hall–Kier alpha value is -3.02. The first-order valence-electron chi connectivity index (χ1n) is 9.51. The lowest BCUT2D eigenvalue weighted by atomic mass is 9.97. The molecule has 1 unspecified atom stereocenters. The molecule has 1 atom stereocenters. The fraction of sp³-hybridized carbons (Fsp3) is 0.318. The van der Waals surface area contributed by atoms with Gasteiger partial charge in [-0.3, -0.25) is 4.79 Å². The molecule has 1 aliphatic heterocycles. The maximum absolute atomic E-state index is 13.0. The highest BCUT2D eigenvalue weighted by atomic mass is 19.1. The minimum absolute atomic E-state index is 0.0377. The number of nitrogens with zero attached hydrogens (tertiary/aromatic N) is 3. The number of benzene rings is 2. The average molecular weight is 379 g/mol. The van der Waals surface area contributed by atoms with Crippen molar-refractivity contribution in [3.63, 3.8) is 0 Å². The lowest BCUT2D eigenvalue weighted by Crippen LogP contribution is -2.39. The van der Waals surface area contributed by atoms with E-state index < -0.39 is 0 Å². The average Bonchev–Trinajstić information content (AvgIpc) is 3.18. The van der Waals surface area contributed by atoms with Crippen LogP contribution in [0.3, 0.4) is 0 Å². The van der Waals surface area contributed by atoms with Gasteiger partial charge in [-0.15, -0.1) is 10.2 Å². The second-order valence-electron chi connectivity index (χ2n) is 7.29. The Balaban J connectivity index is 1.43. The van der Waals surface area contributed by atoms with E-state index in [-0.39, 0.29) is 17.6 Å². The van der Waals surface area contributed by atoms with Crippen molar-refractivity contribution in [1.82, 2.24) is 15.1 Å². The summed E-state index contributed by atoms with van der Waals surface area (Å²) in [6.45, 7) is 3.31. The molecule has 1 fully saturated rings. The van der Waals surface area contributed by atoms with Gasteiger partial charge in [0.1, 0.15) is 5.82 Å². The topological polar surface area (TPSA) is 59.2 Å². The van der Waals surface area contributed by atoms with Crippen molar-refractivity contribution in [2.45, 2.75) is 32.1 Å². The number of aryl methyl sites for hydroxylation is 1. The van der Waals surface area contributed by atoms with E-state index in [1.807, 2.05) is 36.1 Å². The van der Waals surface area contributed by atoms with Gasteiger partial charge in [-0.2, -0.15) is 0 Å². The van der Waals surface area contributed by atoms with E-state index in [1.165, 1.54) is 12.1 Å². The predicted octanol–water partition coefficient (Wildman–Crippen LogP) is 4.13. The van der Waals surface area contributed by atoms with Crippen LogP contribution in [0.25, 0.3) is 0 Å². The van der Waals surface area contributed by atoms with E-state index in [4.69, 9.17) is 4.42 Å². The molecule has 1 aliphatic rings. The molecule has 1 aromatic heterocycles. The zero-order valence-electron chi connectivity index (χ0n) is 15.8. The molecular weight excluding hydrogens is 357 g/mol. The van der Waals surface area contributed by atoms with Crippen molar-refractivity contribution >= 4 is 5.91 Å². The fourth-order valence-corrected chi connectivity index (χ4v) is 3.52. The van der Waals surface area contributed by atoms with Crippen LogP contribution in [-0.2, 0) is 6.42 Å². The van der Waals surface area contributed by atoms with Crippen LogP contribution in [0.4, 0.5) is 4.39 Å². The summed E-state index contributed by atoms with van der Waals surface area (Å²) in [6.07, 6.45) is 2.28. The Morgan fingerprint density at radius 1 is 1.14 bits per heavy atom. The summed E-state index contributed by atoms with van der Waals surface area (Å²) in [6, 6.07) is 13.9. The van der Waals surface area contributed by atoms with Crippen LogP contribution < -0.4 is 0 Å². The van der Waals surface area contributed by atoms with Crippen LogP contribution >= 0.6 is 0 Å². The summed E-state index contributed by atoms with van der Waals surface area (Å²) < 4.78 is 18.9. The van der Waals surface area contributed by atoms with Gasteiger partial charge in [0.15, 0.2) is 0 Å². The van der Waals surface area contributed by atoms with E-state index in [0.717, 1.165) is 30.5 Å². The molecule has 1 saturated heterocycles. The van der Waals surface area contributed by atoms with Crippen LogP contribution in [0.1, 0.15) is 52.0 Å². The minimum Gasteiger partial charge on any atom is -0.425 e. The quantitative estimate of drug-likeness (QED) is 0.684. The second kappa shape index (κ2) is 7.92. The zero-order chi connectivity index (χ0) is 19.5. The molecule has 2 aromatic carbocycles. The molecule has 28 heavy (non-hydrogen) atoms. The Morgan fingerprint density at radius 3 is 2.64 bits per heavy atom. The predicted molar refractivity (Wildman–Crippen MR) is 103 cm³/mol. The summed E-state index contributed by atoms with van der Waals surface area (Å²) in [7, 11) is 0. The monoisotopic (exact) mass is 379 g/mol. The number of piperidine rings is 1. The van der Waals surface area contributed by atoms with E-state index in [9.17, 15) is 9.18 Å². The number of aromatic nitrogens is 2. The van der Waals surface area contributed by atoms with Crippen molar-refractivity contribution in [1.29, 1.82) is 0 Å². The van der Waals surface area contributed by atoms with Crippen molar-refractivity contribution in [3.8, 4) is 0 Å². The lowest BCUT2D eigenvalue weighted by molar-refractivity contribution is 0.0698. The molecule has 4 rings (SSSR count). The molecule has 5 nitrogen and oxygen atoms in total. The van der Waals surface area contributed by atoms with Gasteiger partial charge in [0.05, 0.1) is 12.3 Å². The number of carbonyl (C=O) groups excluding carboxylic acids is 1. The third-order valence-corrected chi connectivity index (χ3v) is 5.11. The number of likely N-dealkylation sites (tertiary alicyclic amines) is 1. The normalized spacial score (nSPS) is 16.9. The SMILES string of the molecule is Cc1ccc(C(=O)N2CCCC(c3nnc(Cc4ccc(F)cc4)o3)C2)cc1. The van der Waals surface area contributed by atoms with Gasteiger partial charge in [0, 0.05) is 18.7 Å². The molecule has 0 aliphatic carbocycles. The van der Waals surface area contributed by atoms with Crippen molar-refractivity contribution in [3.05, 3.63) is 82.8 Å². The van der Waals surface area contributed by atoms with E-state index >= 15 is 0 Å². The molecule has 6 heteroatoms. The van der Waals surface area contributed by atoms with E-state index in [0.29, 0.717) is 30.3 Å². The van der Waals surface area contributed by atoms with E-state index in [2.05, 4.69) is 10.2 Å².